The highest BCUT2D eigenvalue weighted by atomic mass is 16.1. The molecule has 3 aromatic carbocycles. The molecule has 5 rings (SSSR count). The van der Waals surface area contributed by atoms with Crippen molar-refractivity contribution >= 4 is 16.9 Å². The standard InChI is InChI=1S/C29H29N3O/c1-20-7-10-23(11-8-20)25-16-24(22-5-3-2-4-6-22)17-26(18-25)29(33)32-19-21-9-12-27-28(15-21)31-14-13-30-27/h7-18,22H,2-6,19H2,1H3,(H,32,33). The highest BCUT2D eigenvalue weighted by Gasteiger charge is 2.19. The summed E-state index contributed by atoms with van der Waals surface area (Å²) in [6, 6.07) is 20.9. The number of aryl methyl sites for hydroxylation is 1. The van der Waals surface area contributed by atoms with Gasteiger partial charge in [0.15, 0.2) is 0 Å². The molecule has 1 fully saturated rings. The van der Waals surface area contributed by atoms with E-state index >= 15 is 0 Å². The van der Waals surface area contributed by atoms with Crippen LogP contribution in [0.4, 0.5) is 0 Å². The van der Waals surface area contributed by atoms with Gasteiger partial charge in [-0.15, -0.1) is 0 Å². The second kappa shape index (κ2) is 9.53. The van der Waals surface area contributed by atoms with Gasteiger partial charge < -0.3 is 5.32 Å². The molecule has 0 spiro atoms. The van der Waals surface area contributed by atoms with Gasteiger partial charge in [-0.25, -0.2) is 0 Å². The minimum Gasteiger partial charge on any atom is -0.348 e. The first kappa shape index (κ1) is 21.3. The van der Waals surface area contributed by atoms with E-state index in [9.17, 15) is 4.79 Å². The summed E-state index contributed by atoms with van der Waals surface area (Å²) in [7, 11) is 0. The number of nitrogens with zero attached hydrogens (tertiary/aromatic N) is 2. The van der Waals surface area contributed by atoms with Gasteiger partial charge in [0.05, 0.1) is 11.0 Å². The fourth-order valence-corrected chi connectivity index (χ4v) is 4.77. The van der Waals surface area contributed by atoms with Gasteiger partial charge in [0, 0.05) is 24.5 Å². The van der Waals surface area contributed by atoms with Crippen molar-refractivity contribution < 1.29 is 4.79 Å². The summed E-state index contributed by atoms with van der Waals surface area (Å²) in [6.45, 7) is 2.55. The molecule has 0 radical (unpaired) electrons. The second-order valence-electron chi connectivity index (χ2n) is 9.11. The molecule has 1 saturated carbocycles. The Labute approximate surface area is 195 Å². The van der Waals surface area contributed by atoms with Gasteiger partial charge in [-0.2, -0.15) is 0 Å². The van der Waals surface area contributed by atoms with Gasteiger partial charge >= 0.3 is 0 Å². The van der Waals surface area contributed by atoms with Crippen molar-refractivity contribution in [3.8, 4) is 11.1 Å². The summed E-state index contributed by atoms with van der Waals surface area (Å²) in [4.78, 5) is 21.9. The molecule has 0 saturated heterocycles. The van der Waals surface area contributed by atoms with Crippen LogP contribution < -0.4 is 5.32 Å². The lowest BCUT2D eigenvalue weighted by Gasteiger charge is -2.23. The van der Waals surface area contributed by atoms with Crippen molar-refractivity contribution in [1.82, 2.24) is 15.3 Å². The Morgan fingerprint density at radius 2 is 1.61 bits per heavy atom. The summed E-state index contributed by atoms with van der Waals surface area (Å²) in [6.07, 6.45) is 9.64. The van der Waals surface area contributed by atoms with Gasteiger partial charge in [0.2, 0.25) is 0 Å². The number of amides is 1. The lowest BCUT2D eigenvalue weighted by molar-refractivity contribution is 0.0951. The SMILES string of the molecule is Cc1ccc(-c2cc(C(=O)NCc3ccc4nccnc4c3)cc(C3CCCCC3)c2)cc1. The van der Waals surface area contributed by atoms with Crippen LogP contribution in [0.15, 0.2) is 73.1 Å². The highest BCUT2D eigenvalue weighted by Crippen LogP contribution is 2.35. The van der Waals surface area contributed by atoms with Crippen LogP contribution in [0.3, 0.4) is 0 Å². The van der Waals surface area contributed by atoms with Gasteiger partial charge in [-0.1, -0.05) is 61.2 Å². The summed E-state index contributed by atoms with van der Waals surface area (Å²) >= 11 is 0. The highest BCUT2D eigenvalue weighted by molar-refractivity contribution is 5.96. The van der Waals surface area contributed by atoms with Crippen molar-refractivity contribution in [3.63, 3.8) is 0 Å². The van der Waals surface area contributed by atoms with E-state index in [4.69, 9.17) is 0 Å². The molecule has 4 aromatic rings. The van der Waals surface area contributed by atoms with E-state index < -0.39 is 0 Å². The zero-order chi connectivity index (χ0) is 22.6. The third kappa shape index (κ3) is 4.95. The summed E-state index contributed by atoms with van der Waals surface area (Å²) in [5, 5.41) is 3.11. The molecule has 4 heteroatoms. The molecule has 1 aliphatic rings. The predicted molar refractivity (Wildman–Crippen MR) is 133 cm³/mol. The maximum absolute atomic E-state index is 13.2. The second-order valence-corrected chi connectivity index (χ2v) is 9.11. The molecule has 0 aliphatic heterocycles. The fraction of sp³-hybridized carbons (Fsp3) is 0.276. The summed E-state index contributed by atoms with van der Waals surface area (Å²) < 4.78 is 0. The van der Waals surface area contributed by atoms with E-state index in [1.165, 1.54) is 43.2 Å². The topological polar surface area (TPSA) is 54.9 Å². The molecule has 0 bridgehead atoms. The van der Waals surface area contributed by atoms with Crippen molar-refractivity contribution in [2.75, 3.05) is 0 Å². The largest absolute Gasteiger partial charge is 0.348 e. The predicted octanol–water partition coefficient (Wildman–Crippen LogP) is 6.58. The Hall–Kier alpha value is -3.53. The molecular weight excluding hydrogens is 406 g/mol. The van der Waals surface area contributed by atoms with Crippen molar-refractivity contribution in [2.45, 2.75) is 51.5 Å². The van der Waals surface area contributed by atoms with Crippen LogP contribution in [0.1, 0.15) is 65.1 Å². The summed E-state index contributed by atoms with van der Waals surface area (Å²) in [5.74, 6) is 0.495. The molecule has 0 unspecified atom stereocenters. The minimum atomic E-state index is -0.0414. The van der Waals surface area contributed by atoms with E-state index in [2.05, 4.69) is 58.6 Å². The molecule has 1 aromatic heterocycles. The number of rotatable bonds is 5. The van der Waals surface area contributed by atoms with Crippen molar-refractivity contribution in [1.29, 1.82) is 0 Å². The minimum absolute atomic E-state index is 0.0414. The molecule has 1 N–H and O–H groups in total. The Morgan fingerprint density at radius 1 is 0.848 bits per heavy atom. The number of benzene rings is 3. The quantitative estimate of drug-likeness (QED) is 0.385. The average molecular weight is 436 g/mol. The number of aromatic nitrogens is 2. The Balaban J connectivity index is 1.41. The molecular formula is C29H29N3O. The van der Waals surface area contributed by atoms with Gasteiger partial charge in [0.25, 0.3) is 5.91 Å². The van der Waals surface area contributed by atoms with E-state index in [1.54, 1.807) is 12.4 Å². The van der Waals surface area contributed by atoms with Crippen LogP contribution in [-0.4, -0.2) is 15.9 Å². The van der Waals surface area contributed by atoms with E-state index in [-0.39, 0.29) is 5.91 Å². The van der Waals surface area contributed by atoms with Gasteiger partial charge in [-0.05, 0) is 72.2 Å². The van der Waals surface area contributed by atoms with Crippen LogP contribution in [0, 0.1) is 6.92 Å². The molecule has 0 atom stereocenters. The number of fused-ring (bicyclic) bond motifs is 1. The monoisotopic (exact) mass is 435 g/mol. The van der Waals surface area contributed by atoms with Crippen LogP contribution in [0.25, 0.3) is 22.2 Å². The molecule has 1 aliphatic carbocycles. The zero-order valence-corrected chi connectivity index (χ0v) is 19.1. The van der Waals surface area contributed by atoms with Crippen molar-refractivity contribution in [2.24, 2.45) is 0 Å². The first-order valence-electron chi connectivity index (χ1n) is 11.9. The smallest absolute Gasteiger partial charge is 0.251 e. The van der Waals surface area contributed by atoms with Crippen LogP contribution >= 0.6 is 0 Å². The molecule has 4 nitrogen and oxygen atoms in total. The average Bonchev–Trinajstić information content (AvgIpc) is 2.88. The van der Waals surface area contributed by atoms with Gasteiger partial charge in [-0.3, -0.25) is 14.8 Å². The van der Waals surface area contributed by atoms with E-state index in [1.807, 2.05) is 24.3 Å². The Morgan fingerprint density at radius 3 is 2.39 bits per heavy atom. The first-order valence-corrected chi connectivity index (χ1v) is 11.9. The van der Waals surface area contributed by atoms with E-state index in [0.717, 1.165) is 33.3 Å². The molecule has 33 heavy (non-hydrogen) atoms. The third-order valence-corrected chi connectivity index (χ3v) is 6.67. The first-order chi connectivity index (χ1) is 16.2. The maximum atomic E-state index is 13.2. The number of carbonyl (C=O) groups excluding carboxylic acids is 1. The zero-order valence-electron chi connectivity index (χ0n) is 19.1. The van der Waals surface area contributed by atoms with Crippen LogP contribution in [-0.2, 0) is 6.54 Å². The number of hydrogen-bond acceptors (Lipinski definition) is 3. The number of carbonyl (C=O) groups is 1. The number of nitrogens with one attached hydrogen (secondary N) is 1. The van der Waals surface area contributed by atoms with E-state index in [0.29, 0.717) is 12.5 Å². The van der Waals surface area contributed by atoms with Crippen molar-refractivity contribution in [3.05, 3.63) is 95.3 Å². The molecule has 166 valence electrons. The van der Waals surface area contributed by atoms with Crippen LogP contribution in [0.2, 0.25) is 0 Å². The maximum Gasteiger partial charge on any atom is 0.251 e. The summed E-state index contributed by atoms with van der Waals surface area (Å²) in [5.41, 5.74) is 8.23. The molecule has 1 amide bonds. The molecule has 1 heterocycles. The van der Waals surface area contributed by atoms with Crippen LogP contribution in [0.5, 0.6) is 0 Å². The Bertz CT molecular complexity index is 1270. The third-order valence-electron chi connectivity index (χ3n) is 6.67. The lowest BCUT2D eigenvalue weighted by atomic mass is 9.82. The normalized spacial score (nSPS) is 14.3. The van der Waals surface area contributed by atoms with Gasteiger partial charge in [0.1, 0.15) is 0 Å². The Kier molecular flexibility index (Phi) is 6.16. The lowest BCUT2D eigenvalue weighted by Crippen LogP contribution is -2.23. The number of hydrogen-bond donors (Lipinski definition) is 1. The fourth-order valence-electron chi connectivity index (χ4n) is 4.77.